The maximum Gasteiger partial charge on any atom is 0.224 e. The van der Waals surface area contributed by atoms with E-state index in [0.29, 0.717) is 5.95 Å². The number of aryl methyl sites for hydroxylation is 2. The maximum atomic E-state index is 5.40. The summed E-state index contributed by atoms with van der Waals surface area (Å²) in [4.78, 5) is 9.08. The van der Waals surface area contributed by atoms with Crippen molar-refractivity contribution in [2.24, 2.45) is 0 Å². The van der Waals surface area contributed by atoms with Crippen LogP contribution in [0.15, 0.2) is 60.7 Å². The third-order valence-corrected chi connectivity index (χ3v) is 4.52. The molecule has 5 nitrogen and oxygen atoms in total. The Bertz CT molecular complexity index is 867. The molecule has 2 N–H and O–H groups in total. The van der Waals surface area contributed by atoms with E-state index < -0.39 is 0 Å². The molecule has 2 aromatic carbocycles. The minimum absolute atomic E-state index is 0.653. The predicted molar refractivity (Wildman–Crippen MR) is 115 cm³/mol. The van der Waals surface area contributed by atoms with Crippen molar-refractivity contribution in [1.82, 2.24) is 9.97 Å². The van der Waals surface area contributed by atoms with Crippen molar-refractivity contribution in [3.63, 3.8) is 0 Å². The highest BCUT2D eigenvalue weighted by Crippen LogP contribution is 2.18. The van der Waals surface area contributed by atoms with Crippen molar-refractivity contribution in [1.29, 1.82) is 0 Å². The number of aromatic nitrogens is 2. The molecule has 0 atom stereocenters. The highest BCUT2D eigenvalue weighted by Gasteiger charge is 2.04. The zero-order valence-electron chi connectivity index (χ0n) is 16.6. The van der Waals surface area contributed by atoms with E-state index in [1.807, 2.05) is 37.3 Å². The van der Waals surface area contributed by atoms with Crippen LogP contribution in [-0.2, 0) is 12.8 Å². The molecule has 3 aromatic rings. The summed E-state index contributed by atoms with van der Waals surface area (Å²) in [5, 5.41) is 6.74. The third kappa shape index (κ3) is 5.98. The molecular weight excluding hydrogens is 348 g/mol. The van der Waals surface area contributed by atoms with Gasteiger partial charge in [0.25, 0.3) is 0 Å². The van der Waals surface area contributed by atoms with Crippen LogP contribution in [-0.4, -0.2) is 30.2 Å². The first-order valence-corrected chi connectivity index (χ1v) is 9.74. The molecule has 0 aliphatic carbocycles. The second-order valence-corrected chi connectivity index (χ2v) is 6.72. The minimum atomic E-state index is 0.653. The molecule has 28 heavy (non-hydrogen) atoms. The van der Waals surface area contributed by atoms with Gasteiger partial charge in [0.05, 0.1) is 7.11 Å². The molecule has 0 unspecified atom stereocenters. The van der Waals surface area contributed by atoms with Crippen molar-refractivity contribution < 1.29 is 4.74 Å². The summed E-state index contributed by atoms with van der Waals surface area (Å²) >= 11 is 0. The van der Waals surface area contributed by atoms with Gasteiger partial charge in [-0.2, -0.15) is 4.98 Å². The summed E-state index contributed by atoms with van der Waals surface area (Å²) < 4.78 is 5.40. The summed E-state index contributed by atoms with van der Waals surface area (Å²) in [5.74, 6) is 2.43. The van der Waals surface area contributed by atoms with Gasteiger partial charge in [0.2, 0.25) is 5.95 Å². The van der Waals surface area contributed by atoms with Crippen LogP contribution in [0.2, 0.25) is 0 Å². The number of nitrogens with one attached hydrogen (secondary N) is 2. The van der Waals surface area contributed by atoms with Crippen LogP contribution in [0.1, 0.15) is 23.2 Å². The Balaban J connectivity index is 1.48. The van der Waals surface area contributed by atoms with Gasteiger partial charge in [-0.1, -0.05) is 48.5 Å². The third-order valence-electron chi connectivity index (χ3n) is 4.52. The smallest absolute Gasteiger partial charge is 0.224 e. The minimum Gasteiger partial charge on any atom is -0.496 e. The van der Waals surface area contributed by atoms with Gasteiger partial charge in [0, 0.05) is 24.8 Å². The number of benzene rings is 2. The van der Waals surface area contributed by atoms with Crippen molar-refractivity contribution in [2.75, 3.05) is 30.8 Å². The average molecular weight is 377 g/mol. The van der Waals surface area contributed by atoms with Crippen LogP contribution >= 0.6 is 0 Å². The van der Waals surface area contributed by atoms with Crippen LogP contribution < -0.4 is 15.4 Å². The first-order valence-electron chi connectivity index (χ1n) is 9.74. The molecule has 0 aliphatic rings. The Hall–Kier alpha value is -3.08. The molecule has 0 spiro atoms. The molecule has 3 rings (SSSR count). The van der Waals surface area contributed by atoms with Gasteiger partial charge in [-0.3, -0.25) is 0 Å². The molecule has 0 amide bonds. The number of anilines is 2. The van der Waals surface area contributed by atoms with Gasteiger partial charge in [-0.05, 0) is 43.4 Å². The van der Waals surface area contributed by atoms with Crippen LogP contribution in [0.4, 0.5) is 11.8 Å². The predicted octanol–water partition coefficient (Wildman–Crippen LogP) is 4.49. The van der Waals surface area contributed by atoms with Crippen LogP contribution in [0.5, 0.6) is 5.75 Å². The fraction of sp³-hybridized carbons (Fsp3) is 0.304. The first kappa shape index (κ1) is 19.7. The topological polar surface area (TPSA) is 59.1 Å². The van der Waals surface area contributed by atoms with Gasteiger partial charge in [-0.25, -0.2) is 4.98 Å². The first-order chi connectivity index (χ1) is 13.7. The molecule has 0 radical (unpaired) electrons. The Kier molecular flexibility index (Phi) is 7.24. The van der Waals surface area contributed by atoms with E-state index in [0.717, 1.165) is 49.6 Å². The second kappa shape index (κ2) is 10.3. The summed E-state index contributed by atoms with van der Waals surface area (Å²) in [5.41, 5.74) is 3.48. The molecule has 0 fully saturated rings. The quantitative estimate of drug-likeness (QED) is 0.511. The van der Waals surface area contributed by atoms with Gasteiger partial charge in [-0.15, -0.1) is 0 Å². The molecule has 146 valence electrons. The van der Waals surface area contributed by atoms with E-state index in [1.54, 1.807) is 7.11 Å². The lowest BCUT2D eigenvalue weighted by molar-refractivity contribution is 0.410. The largest absolute Gasteiger partial charge is 0.496 e. The molecule has 0 bridgehead atoms. The van der Waals surface area contributed by atoms with Crippen LogP contribution in [0.3, 0.4) is 0 Å². The van der Waals surface area contributed by atoms with Gasteiger partial charge < -0.3 is 15.4 Å². The number of rotatable bonds is 10. The molecule has 1 aromatic heterocycles. The lowest BCUT2D eigenvalue weighted by Crippen LogP contribution is -2.11. The molecular formula is C23H28N4O. The Morgan fingerprint density at radius 1 is 0.857 bits per heavy atom. The Morgan fingerprint density at radius 2 is 1.64 bits per heavy atom. The Labute approximate surface area is 167 Å². The molecule has 0 aliphatic heterocycles. The monoisotopic (exact) mass is 376 g/mol. The van der Waals surface area contributed by atoms with E-state index in [9.17, 15) is 0 Å². The molecule has 1 heterocycles. The van der Waals surface area contributed by atoms with Crippen molar-refractivity contribution in [3.05, 3.63) is 77.5 Å². The summed E-state index contributed by atoms with van der Waals surface area (Å²) in [7, 11) is 1.70. The van der Waals surface area contributed by atoms with E-state index in [-0.39, 0.29) is 0 Å². The van der Waals surface area contributed by atoms with E-state index in [2.05, 4.69) is 50.9 Å². The normalized spacial score (nSPS) is 10.5. The lowest BCUT2D eigenvalue weighted by Gasteiger charge is -2.11. The highest BCUT2D eigenvalue weighted by atomic mass is 16.5. The highest BCUT2D eigenvalue weighted by molar-refractivity contribution is 5.42. The van der Waals surface area contributed by atoms with Gasteiger partial charge >= 0.3 is 0 Å². The number of nitrogens with zero attached hydrogens (tertiary/aromatic N) is 2. The van der Waals surface area contributed by atoms with Crippen molar-refractivity contribution in [2.45, 2.75) is 26.2 Å². The van der Waals surface area contributed by atoms with Crippen LogP contribution in [0, 0.1) is 6.92 Å². The SMILES string of the molecule is COc1ccccc1CCNc1nc(C)cc(NCCCc2ccccc2)n1. The summed E-state index contributed by atoms with van der Waals surface area (Å²) in [6.45, 7) is 3.62. The average Bonchev–Trinajstić information content (AvgIpc) is 2.72. The maximum absolute atomic E-state index is 5.40. The van der Waals surface area contributed by atoms with E-state index >= 15 is 0 Å². The molecule has 0 saturated carbocycles. The van der Waals surface area contributed by atoms with E-state index in [1.165, 1.54) is 11.1 Å². The van der Waals surface area contributed by atoms with Crippen LogP contribution in [0.25, 0.3) is 0 Å². The number of hydrogen-bond acceptors (Lipinski definition) is 5. The fourth-order valence-corrected chi connectivity index (χ4v) is 3.11. The number of methoxy groups -OCH3 is 1. The molecule has 0 saturated heterocycles. The Morgan fingerprint density at radius 3 is 2.46 bits per heavy atom. The summed E-state index contributed by atoms with van der Waals surface area (Å²) in [6, 6.07) is 20.6. The van der Waals surface area contributed by atoms with Gasteiger partial charge in [0.1, 0.15) is 11.6 Å². The fourth-order valence-electron chi connectivity index (χ4n) is 3.11. The van der Waals surface area contributed by atoms with Crippen molar-refractivity contribution in [3.8, 4) is 5.75 Å². The number of para-hydroxylation sites is 1. The molecule has 5 heteroatoms. The summed E-state index contributed by atoms with van der Waals surface area (Å²) in [6.07, 6.45) is 2.96. The standard InChI is InChI=1S/C23H28N4O/c1-18-17-22(24-15-8-11-19-9-4-3-5-10-19)27-23(26-18)25-16-14-20-12-6-7-13-21(20)28-2/h3-7,9-10,12-13,17H,8,11,14-16H2,1-2H3,(H2,24,25,26,27). The lowest BCUT2D eigenvalue weighted by atomic mass is 10.1. The second-order valence-electron chi connectivity index (χ2n) is 6.72. The van der Waals surface area contributed by atoms with Gasteiger partial charge in [0.15, 0.2) is 0 Å². The zero-order valence-corrected chi connectivity index (χ0v) is 16.6. The van der Waals surface area contributed by atoms with Crippen molar-refractivity contribution >= 4 is 11.8 Å². The van der Waals surface area contributed by atoms with E-state index in [4.69, 9.17) is 4.74 Å². The zero-order chi connectivity index (χ0) is 19.6. The number of hydrogen-bond donors (Lipinski definition) is 2. The number of ether oxygens (including phenoxy) is 1.